The second-order valence-electron chi connectivity index (χ2n) is 4.92. The van der Waals surface area contributed by atoms with Crippen molar-refractivity contribution in [1.82, 2.24) is 15.1 Å². The molecule has 1 N–H and O–H groups in total. The Morgan fingerprint density at radius 2 is 2.05 bits per heavy atom. The number of benzene rings is 1. The summed E-state index contributed by atoms with van der Waals surface area (Å²) in [6.07, 6.45) is 7.47. The van der Waals surface area contributed by atoms with Crippen LogP contribution in [0.15, 0.2) is 42.7 Å². The van der Waals surface area contributed by atoms with E-state index in [-0.39, 0.29) is 0 Å². The molecule has 2 heterocycles. The molecule has 3 rings (SSSR count). The van der Waals surface area contributed by atoms with Crippen LogP contribution in [0.2, 0.25) is 0 Å². The van der Waals surface area contributed by atoms with Crippen LogP contribution in [0, 0.1) is 0 Å². The third kappa shape index (κ3) is 3.15. The third-order valence-corrected chi connectivity index (χ3v) is 3.45. The Morgan fingerprint density at radius 1 is 1.16 bits per heavy atom. The summed E-state index contributed by atoms with van der Waals surface area (Å²) in [5, 5.41) is 7.88. The van der Waals surface area contributed by atoms with Crippen molar-refractivity contribution in [2.45, 2.75) is 25.3 Å². The monoisotopic (exact) mass is 257 g/mol. The van der Waals surface area contributed by atoms with Crippen LogP contribution in [-0.4, -0.2) is 22.9 Å². The maximum atomic E-state index is 5.78. The lowest BCUT2D eigenvalue weighted by atomic mass is 10.1. The van der Waals surface area contributed by atoms with Gasteiger partial charge in [0.2, 0.25) is 0 Å². The van der Waals surface area contributed by atoms with Crippen LogP contribution >= 0.6 is 0 Å². The predicted octanol–water partition coefficient (Wildman–Crippen LogP) is 2.99. The molecule has 1 aromatic heterocycles. The highest BCUT2D eigenvalue weighted by Gasteiger charge is 2.15. The zero-order chi connectivity index (χ0) is 12.9. The zero-order valence-electron chi connectivity index (χ0n) is 11.0. The molecule has 4 nitrogen and oxygen atoms in total. The van der Waals surface area contributed by atoms with E-state index in [0.717, 1.165) is 24.6 Å². The average molecular weight is 257 g/mol. The highest BCUT2D eigenvalue weighted by atomic mass is 16.5. The number of ether oxygens (including phenoxy) is 1. The summed E-state index contributed by atoms with van der Waals surface area (Å²) in [6.45, 7) is 2.11. The number of para-hydroxylation sites is 1. The first-order valence-corrected chi connectivity index (χ1v) is 6.89. The minimum atomic E-state index is 0.440. The van der Waals surface area contributed by atoms with Gasteiger partial charge >= 0.3 is 0 Å². The van der Waals surface area contributed by atoms with E-state index in [4.69, 9.17) is 4.74 Å². The average Bonchev–Trinajstić information content (AvgIpc) is 2.74. The smallest absolute Gasteiger partial charge is 0.165 e. The van der Waals surface area contributed by atoms with Crippen LogP contribution in [-0.2, 0) is 0 Å². The molecule has 0 amide bonds. The van der Waals surface area contributed by atoms with Gasteiger partial charge in [-0.15, -0.1) is 0 Å². The van der Waals surface area contributed by atoms with Crippen molar-refractivity contribution < 1.29 is 4.74 Å². The molecule has 4 heteroatoms. The summed E-state index contributed by atoms with van der Waals surface area (Å²) in [5.41, 5.74) is 0. The van der Waals surface area contributed by atoms with E-state index < -0.39 is 0 Å². The number of hydrogen-bond donors (Lipinski definition) is 1. The summed E-state index contributed by atoms with van der Waals surface area (Å²) in [4.78, 5) is 0. The van der Waals surface area contributed by atoms with Crippen molar-refractivity contribution in [3.8, 4) is 11.5 Å². The van der Waals surface area contributed by atoms with Crippen LogP contribution in [0.1, 0.15) is 25.3 Å². The number of aromatic nitrogens is 2. The molecule has 1 saturated heterocycles. The van der Waals surface area contributed by atoms with Gasteiger partial charge in [-0.2, -0.15) is 5.10 Å². The van der Waals surface area contributed by atoms with Gasteiger partial charge in [-0.1, -0.05) is 24.6 Å². The minimum absolute atomic E-state index is 0.440. The summed E-state index contributed by atoms with van der Waals surface area (Å²) in [7, 11) is 0. The van der Waals surface area contributed by atoms with E-state index in [9.17, 15) is 0 Å². The number of nitrogens with zero attached hydrogens (tertiary/aromatic N) is 2. The summed E-state index contributed by atoms with van der Waals surface area (Å²) >= 11 is 0. The number of rotatable bonds is 3. The van der Waals surface area contributed by atoms with E-state index in [2.05, 4.69) is 10.4 Å². The Morgan fingerprint density at radius 3 is 2.95 bits per heavy atom. The van der Waals surface area contributed by atoms with E-state index >= 15 is 0 Å². The van der Waals surface area contributed by atoms with Crippen molar-refractivity contribution in [2.75, 3.05) is 13.1 Å². The van der Waals surface area contributed by atoms with E-state index in [0.29, 0.717) is 6.04 Å². The molecule has 1 atom stereocenters. The third-order valence-electron chi connectivity index (χ3n) is 3.45. The van der Waals surface area contributed by atoms with Crippen molar-refractivity contribution in [1.29, 1.82) is 0 Å². The lowest BCUT2D eigenvalue weighted by molar-refractivity contribution is 0.418. The van der Waals surface area contributed by atoms with Gasteiger partial charge in [0.25, 0.3) is 0 Å². The lowest BCUT2D eigenvalue weighted by Gasteiger charge is -2.14. The predicted molar refractivity (Wildman–Crippen MR) is 74.5 cm³/mol. The number of hydrogen-bond acceptors (Lipinski definition) is 3. The molecule has 1 aliphatic rings. The summed E-state index contributed by atoms with van der Waals surface area (Å²) in [6, 6.07) is 10.3. The van der Waals surface area contributed by atoms with Crippen LogP contribution in [0.5, 0.6) is 11.5 Å². The quantitative estimate of drug-likeness (QED) is 0.918. The largest absolute Gasteiger partial charge is 0.454 e. The van der Waals surface area contributed by atoms with Gasteiger partial charge in [0.05, 0.1) is 18.4 Å². The molecule has 0 bridgehead atoms. The molecule has 19 heavy (non-hydrogen) atoms. The van der Waals surface area contributed by atoms with Gasteiger partial charge in [-0.05, 0) is 31.5 Å². The maximum absolute atomic E-state index is 5.78. The van der Waals surface area contributed by atoms with Gasteiger partial charge in [0.1, 0.15) is 5.75 Å². The van der Waals surface area contributed by atoms with Gasteiger partial charge in [0.15, 0.2) is 5.75 Å². The topological polar surface area (TPSA) is 39.1 Å². The second-order valence-corrected chi connectivity index (χ2v) is 4.92. The summed E-state index contributed by atoms with van der Waals surface area (Å²) in [5.74, 6) is 1.65. The Hall–Kier alpha value is -1.81. The van der Waals surface area contributed by atoms with Gasteiger partial charge in [-0.25, -0.2) is 0 Å². The fraction of sp³-hybridized carbons (Fsp3) is 0.400. The Kier molecular flexibility index (Phi) is 3.79. The fourth-order valence-corrected chi connectivity index (χ4v) is 2.42. The van der Waals surface area contributed by atoms with Crippen molar-refractivity contribution in [3.05, 3.63) is 42.7 Å². The second kappa shape index (κ2) is 5.89. The van der Waals surface area contributed by atoms with E-state index in [1.165, 1.54) is 19.3 Å². The van der Waals surface area contributed by atoms with Crippen LogP contribution in [0.25, 0.3) is 0 Å². The lowest BCUT2D eigenvalue weighted by Crippen LogP contribution is -2.23. The molecule has 0 aliphatic carbocycles. The van der Waals surface area contributed by atoms with Crippen LogP contribution in [0.4, 0.5) is 0 Å². The Bertz CT molecular complexity index is 501. The Balaban J connectivity index is 1.68. The molecule has 1 fully saturated rings. The van der Waals surface area contributed by atoms with Crippen LogP contribution in [0.3, 0.4) is 0 Å². The van der Waals surface area contributed by atoms with Crippen molar-refractivity contribution >= 4 is 0 Å². The molecular weight excluding hydrogens is 238 g/mol. The van der Waals surface area contributed by atoms with E-state index in [1.807, 2.05) is 41.2 Å². The summed E-state index contributed by atoms with van der Waals surface area (Å²) < 4.78 is 7.80. The highest BCUT2D eigenvalue weighted by molar-refractivity contribution is 5.27. The number of nitrogens with one attached hydrogen (secondary N) is 1. The van der Waals surface area contributed by atoms with Gasteiger partial charge in [0, 0.05) is 6.54 Å². The molecule has 1 aliphatic heterocycles. The SMILES string of the molecule is c1ccc(Oc2cnn(C3CCCCNC3)c2)cc1. The fourth-order valence-electron chi connectivity index (χ4n) is 2.42. The van der Waals surface area contributed by atoms with Crippen molar-refractivity contribution in [2.24, 2.45) is 0 Å². The Labute approximate surface area is 113 Å². The maximum Gasteiger partial charge on any atom is 0.165 e. The molecular formula is C15H19N3O. The molecule has 1 unspecified atom stereocenters. The van der Waals surface area contributed by atoms with Gasteiger partial charge < -0.3 is 10.1 Å². The molecule has 1 aromatic carbocycles. The zero-order valence-corrected chi connectivity index (χ0v) is 11.0. The van der Waals surface area contributed by atoms with Crippen LogP contribution < -0.4 is 10.1 Å². The minimum Gasteiger partial charge on any atom is -0.454 e. The normalized spacial score (nSPS) is 19.9. The van der Waals surface area contributed by atoms with E-state index in [1.54, 1.807) is 6.20 Å². The highest BCUT2D eigenvalue weighted by Crippen LogP contribution is 2.23. The first kappa shape index (κ1) is 12.2. The molecule has 100 valence electrons. The first-order valence-electron chi connectivity index (χ1n) is 6.89. The standard InChI is InChI=1S/C15H19N3O/c1-2-7-14(8-3-1)19-15-11-17-18(12-15)13-6-4-5-9-16-10-13/h1-3,7-8,11-13,16H,4-6,9-10H2. The molecule has 0 radical (unpaired) electrons. The van der Waals surface area contributed by atoms with Gasteiger partial charge in [-0.3, -0.25) is 4.68 Å². The molecule has 2 aromatic rings. The molecule has 0 spiro atoms. The molecule has 0 saturated carbocycles. The van der Waals surface area contributed by atoms with Crippen molar-refractivity contribution in [3.63, 3.8) is 0 Å². The first-order chi connectivity index (χ1) is 9.42.